The van der Waals surface area contributed by atoms with Gasteiger partial charge in [0.05, 0.1) is 23.3 Å². The Morgan fingerprint density at radius 1 is 1.03 bits per heavy atom. The van der Waals surface area contributed by atoms with Gasteiger partial charge in [-0.05, 0) is 56.4 Å². The number of thiazole rings is 1. The third kappa shape index (κ3) is 6.05. The number of para-hydroxylation sites is 1. The highest BCUT2D eigenvalue weighted by Crippen LogP contribution is 2.34. The Balaban J connectivity index is 1.92. The Hall–Kier alpha value is -2.69. The van der Waals surface area contributed by atoms with Gasteiger partial charge < -0.3 is 14.4 Å². The predicted octanol–water partition coefficient (Wildman–Crippen LogP) is 3.85. The van der Waals surface area contributed by atoms with Crippen molar-refractivity contribution < 1.29 is 22.7 Å². The van der Waals surface area contributed by atoms with Crippen LogP contribution in [0.4, 0.5) is 5.13 Å². The van der Waals surface area contributed by atoms with Crippen molar-refractivity contribution in [2.24, 2.45) is 0 Å². The van der Waals surface area contributed by atoms with Gasteiger partial charge >= 0.3 is 0 Å². The maximum absolute atomic E-state index is 13.4. The average molecular weight is 506 g/mol. The van der Waals surface area contributed by atoms with E-state index in [2.05, 4.69) is 23.7 Å². The Morgan fingerprint density at radius 3 is 2.35 bits per heavy atom. The van der Waals surface area contributed by atoms with Crippen molar-refractivity contribution in [3.05, 3.63) is 42.5 Å². The number of carbonyl (C=O) groups is 1. The van der Waals surface area contributed by atoms with Crippen molar-refractivity contribution in [1.29, 1.82) is 0 Å². The van der Waals surface area contributed by atoms with Gasteiger partial charge in [-0.25, -0.2) is 13.4 Å². The van der Waals surface area contributed by atoms with E-state index in [0.29, 0.717) is 41.8 Å². The van der Waals surface area contributed by atoms with Crippen LogP contribution in [0.15, 0.2) is 47.4 Å². The van der Waals surface area contributed by atoms with E-state index in [4.69, 9.17) is 9.47 Å². The number of amides is 1. The number of likely N-dealkylation sites (N-methyl/N-ethyl adjacent to an activating group) is 1. The topological polar surface area (TPSA) is 89.0 Å². The second kappa shape index (κ2) is 11.6. The first-order valence-corrected chi connectivity index (χ1v) is 13.7. The highest BCUT2D eigenvalue weighted by molar-refractivity contribution is 7.92. The molecule has 3 rings (SSSR count). The van der Waals surface area contributed by atoms with Crippen LogP contribution in [0.2, 0.25) is 0 Å². The third-order valence-electron chi connectivity index (χ3n) is 5.47. The molecule has 0 saturated carbocycles. The SMILES string of the molecule is CCOc1cccc2sc(N(CCN(CC)CC)C(=O)CS(=O)(=O)c3ccc(OC)cc3)nc12. The largest absolute Gasteiger partial charge is 0.497 e. The third-order valence-corrected chi connectivity index (χ3v) is 8.13. The highest BCUT2D eigenvalue weighted by Gasteiger charge is 2.27. The van der Waals surface area contributed by atoms with Crippen molar-refractivity contribution in [2.75, 3.05) is 50.5 Å². The van der Waals surface area contributed by atoms with Gasteiger partial charge in [0.25, 0.3) is 0 Å². The summed E-state index contributed by atoms with van der Waals surface area (Å²) in [7, 11) is -2.33. The van der Waals surface area contributed by atoms with Crippen LogP contribution in [0.25, 0.3) is 10.2 Å². The summed E-state index contributed by atoms with van der Waals surface area (Å²) in [6.07, 6.45) is 0. The molecule has 0 aliphatic heterocycles. The summed E-state index contributed by atoms with van der Waals surface area (Å²) in [6.45, 7) is 9.10. The zero-order valence-corrected chi connectivity index (χ0v) is 21.6. The van der Waals surface area contributed by atoms with Crippen LogP contribution < -0.4 is 14.4 Å². The van der Waals surface area contributed by atoms with Crippen LogP contribution in [0.1, 0.15) is 20.8 Å². The van der Waals surface area contributed by atoms with Gasteiger partial charge in [-0.15, -0.1) is 0 Å². The molecule has 1 aromatic heterocycles. The van der Waals surface area contributed by atoms with Gasteiger partial charge in [-0.1, -0.05) is 31.3 Å². The summed E-state index contributed by atoms with van der Waals surface area (Å²) in [6, 6.07) is 11.7. The van der Waals surface area contributed by atoms with Crippen molar-refractivity contribution >= 4 is 42.4 Å². The van der Waals surface area contributed by atoms with Crippen molar-refractivity contribution in [2.45, 2.75) is 25.7 Å². The summed E-state index contributed by atoms with van der Waals surface area (Å²) in [5, 5.41) is 0.462. The molecule has 0 spiro atoms. The number of aromatic nitrogens is 1. The summed E-state index contributed by atoms with van der Waals surface area (Å²) in [4.78, 5) is 21.8. The van der Waals surface area contributed by atoms with E-state index in [1.54, 1.807) is 12.1 Å². The minimum Gasteiger partial charge on any atom is -0.497 e. The fourth-order valence-electron chi connectivity index (χ4n) is 3.51. The van der Waals surface area contributed by atoms with E-state index >= 15 is 0 Å². The number of rotatable bonds is 12. The molecule has 2 aromatic carbocycles. The van der Waals surface area contributed by atoms with Gasteiger partial charge in [-0.3, -0.25) is 9.69 Å². The molecule has 0 aliphatic rings. The molecular weight excluding hydrogens is 474 g/mol. The first-order valence-electron chi connectivity index (χ1n) is 11.2. The van der Waals surface area contributed by atoms with E-state index in [1.807, 2.05) is 25.1 Å². The number of hydrogen-bond acceptors (Lipinski definition) is 8. The van der Waals surface area contributed by atoms with Crippen LogP contribution in [-0.2, 0) is 14.6 Å². The smallest absolute Gasteiger partial charge is 0.244 e. The molecular formula is C24H31N3O5S2. The molecule has 1 amide bonds. The normalized spacial score (nSPS) is 11.7. The Kier molecular flexibility index (Phi) is 8.87. The van der Waals surface area contributed by atoms with Gasteiger partial charge in [0.15, 0.2) is 15.0 Å². The second-order valence-corrected chi connectivity index (χ2v) is 10.5. The van der Waals surface area contributed by atoms with Crippen LogP contribution in [0.3, 0.4) is 0 Å². The molecule has 10 heteroatoms. The number of carbonyl (C=O) groups excluding carboxylic acids is 1. The molecule has 0 aliphatic carbocycles. The van der Waals surface area contributed by atoms with Crippen molar-refractivity contribution in [3.8, 4) is 11.5 Å². The van der Waals surface area contributed by atoms with Gasteiger partial charge in [-0.2, -0.15) is 0 Å². The minimum absolute atomic E-state index is 0.0771. The maximum Gasteiger partial charge on any atom is 0.244 e. The fraction of sp³-hybridized carbons (Fsp3) is 0.417. The zero-order chi connectivity index (χ0) is 24.7. The van der Waals surface area contributed by atoms with Crippen LogP contribution in [0, 0.1) is 0 Å². The quantitative estimate of drug-likeness (QED) is 0.369. The molecule has 184 valence electrons. The summed E-state index contributed by atoms with van der Waals surface area (Å²) < 4.78 is 37.7. The molecule has 0 fully saturated rings. The predicted molar refractivity (Wildman–Crippen MR) is 136 cm³/mol. The number of anilines is 1. The molecule has 3 aromatic rings. The number of nitrogens with zero attached hydrogens (tertiary/aromatic N) is 3. The van der Waals surface area contributed by atoms with E-state index < -0.39 is 21.5 Å². The highest BCUT2D eigenvalue weighted by atomic mass is 32.2. The number of methoxy groups -OCH3 is 1. The number of ether oxygens (including phenoxy) is 2. The summed E-state index contributed by atoms with van der Waals surface area (Å²) in [5.41, 5.74) is 0.669. The fourth-order valence-corrected chi connectivity index (χ4v) is 5.74. The van der Waals surface area contributed by atoms with E-state index in [1.165, 1.54) is 35.5 Å². The molecule has 0 saturated heterocycles. The van der Waals surface area contributed by atoms with E-state index in [0.717, 1.165) is 17.8 Å². The molecule has 0 unspecified atom stereocenters. The number of fused-ring (bicyclic) bond motifs is 1. The van der Waals surface area contributed by atoms with E-state index in [9.17, 15) is 13.2 Å². The number of hydrogen-bond donors (Lipinski definition) is 0. The summed E-state index contributed by atoms with van der Waals surface area (Å²) >= 11 is 1.35. The van der Waals surface area contributed by atoms with Crippen LogP contribution >= 0.6 is 11.3 Å². The Morgan fingerprint density at radius 2 is 1.74 bits per heavy atom. The monoisotopic (exact) mass is 505 g/mol. The molecule has 1 heterocycles. The molecule has 0 N–H and O–H groups in total. The molecule has 8 nitrogen and oxygen atoms in total. The summed E-state index contributed by atoms with van der Waals surface area (Å²) in [5.74, 6) is 0.0291. The molecule has 0 radical (unpaired) electrons. The molecule has 0 atom stereocenters. The zero-order valence-electron chi connectivity index (χ0n) is 20.0. The lowest BCUT2D eigenvalue weighted by Crippen LogP contribution is -2.41. The molecule has 34 heavy (non-hydrogen) atoms. The number of sulfone groups is 1. The second-order valence-electron chi connectivity index (χ2n) is 7.54. The lowest BCUT2D eigenvalue weighted by atomic mass is 10.3. The van der Waals surface area contributed by atoms with Crippen molar-refractivity contribution in [1.82, 2.24) is 9.88 Å². The minimum atomic E-state index is -3.84. The maximum atomic E-state index is 13.4. The standard InChI is InChI=1S/C24H31N3O5S2/c1-5-26(6-2)15-16-27(24-25-23-20(32-7-3)9-8-10-21(23)33-24)22(28)17-34(29,30)19-13-11-18(31-4)12-14-19/h8-14H,5-7,15-17H2,1-4H3. The van der Waals surface area contributed by atoms with Crippen LogP contribution in [0.5, 0.6) is 11.5 Å². The van der Waals surface area contributed by atoms with Gasteiger partial charge in [0, 0.05) is 13.1 Å². The number of benzene rings is 2. The Labute approximate surface area is 205 Å². The first-order chi connectivity index (χ1) is 16.3. The molecule has 0 bridgehead atoms. The van der Waals surface area contributed by atoms with E-state index in [-0.39, 0.29) is 4.90 Å². The van der Waals surface area contributed by atoms with Crippen LogP contribution in [-0.4, -0.2) is 69.9 Å². The average Bonchev–Trinajstić information content (AvgIpc) is 3.26. The van der Waals surface area contributed by atoms with Gasteiger partial charge in [0.2, 0.25) is 5.91 Å². The first kappa shape index (κ1) is 25.9. The van der Waals surface area contributed by atoms with Gasteiger partial charge in [0.1, 0.15) is 22.8 Å². The lowest BCUT2D eigenvalue weighted by Gasteiger charge is -2.24. The lowest BCUT2D eigenvalue weighted by molar-refractivity contribution is -0.116. The Bertz CT molecular complexity index is 1210. The van der Waals surface area contributed by atoms with Crippen molar-refractivity contribution in [3.63, 3.8) is 0 Å².